The van der Waals surface area contributed by atoms with Crippen LogP contribution < -0.4 is 5.56 Å². The Hall–Kier alpha value is -1.35. The third-order valence-corrected chi connectivity index (χ3v) is 3.05. The lowest BCUT2D eigenvalue weighted by molar-refractivity contribution is 0.759. The first kappa shape index (κ1) is 12.1. The van der Waals surface area contributed by atoms with Gasteiger partial charge >= 0.3 is 0 Å². The van der Waals surface area contributed by atoms with Crippen LogP contribution in [0.1, 0.15) is 11.1 Å². The summed E-state index contributed by atoms with van der Waals surface area (Å²) < 4.78 is 1.71. The molecule has 1 aromatic heterocycles. The van der Waals surface area contributed by atoms with Gasteiger partial charge in [0.25, 0.3) is 5.56 Å². The molecule has 0 N–H and O–H groups in total. The maximum absolute atomic E-state index is 11.5. The molecular weight excluding hydrogens is 278 g/mol. The number of aryl methyl sites for hydroxylation is 1. The average molecular weight is 292 g/mol. The van der Waals surface area contributed by atoms with E-state index >= 15 is 0 Å². The SMILES string of the molecule is O=c1ccccn1Cc1ccc(CCBr)cc1. The predicted octanol–water partition coefficient (Wildman–Crippen LogP) is 2.83. The fourth-order valence-corrected chi connectivity index (χ4v) is 2.17. The van der Waals surface area contributed by atoms with E-state index in [2.05, 4.69) is 40.2 Å². The fraction of sp³-hybridized carbons (Fsp3) is 0.214. The van der Waals surface area contributed by atoms with Gasteiger partial charge < -0.3 is 4.57 Å². The zero-order valence-electron chi connectivity index (χ0n) is 9.47. The number of alkyl halides is 1. The Balaban J connectivity index is 2.14. The summed E-state index contributed by atoms with van der Waals surface area (Å²) in [5.41, 5.74) is 2.50. The van der Waals surface area contributed by atoms with Gasteiger partial charge in [-0.15, -0.1) is 0 Å². The van der Waals surface area contributed by atoms with Crippen LogP contribution in [-0.2, 0) is 13.0 Å². The molecule has 0 aliphatic carbocycles. The quantitative estimate of drug-likeness (QED) is 0.794. The van der Waals surface area contributed by atoms with Crippen molar-refractivity contribution in [2.24, 2.45) is 0 Å². The van der Waals surface area contributed by atoms with E-state index in [1.165, 1.54) is 5.56 Å². The second kappa shape index (κ2) is 5.82. The first-order valence-electron chi connectivity index (χ1n) is 5.59. The molecule has 0 bridgehead atoms. The van der Waals surface area contributed by atoms with E-state index in [9.17, 15) is 4.79 Å². The Labute approximate surface area is 109 Å². The van der Waals surface area contributed by atoms with Gasteiger partial charge in [-0.1, -0.05) is 46.3 Å². The summed E-state index contributed by atoms with van der Waals surface area (Å²) in [6.45, 7) is 0.633. The topological polar surface area (TPSA) is 22.0 Å². The number of halogens is 1. The normalized spacial score (nSPS) is 10.4. The lowest BCUT2D eigenvalue weighted by atomic mass is 10.1. The average Bonchev–Trinajstić information content (AvgIpc) is 2.35. The number of rotatable bonds is 4. The van der Waals surface area contributed by atoms with Crippen LogP contribution >= 0.6 is 15.9 Å². The van der Waals surface area contributed by atoms with Gasteiger partial charge in [0.1, 0.15) is 0 Å². The zero-order chi connectivity index (χ0) is 12.1. The minimum atomic E-state index is 0.0389. The van der Waals surface area contributed by atoms with Crippen LogP contribution in [0.3, 0.4) is 0 Å². The fourth-order valence-electron chi connectivity index (χ4n) is 1.71. The second-order valence-corrected chi connectivity index (χ2v) is 4.72. The molecule has 1 aromatic carbocycles. The highest BCUT2D eigenvalue weighted by atomic mass is 79.9. The molecule has 0 spiro atoms. The van der Waals surface area contributed by atoms with Crippen molar-refractivity contribution in [2.45, 2.75) is 13.0 Å². The van der Waals surface area contributed by atoms with Gasteiger partial charge in [0.2, 0.25) is 0 Å². The molecule has 2 rings (SSSR count). The van der Waals surface area contributed by atoms with Crippen molar-refractivity contribution in [3.8, 4) is 0 Å². The van der Waals surface area contributed by atoms with Crippen molar-refractivity contribution in [3.63, 3.8) is 0 Å². The number of pyridine rings is 1. The Bertz CT molecular complexity index is 530. The van der Waals surface area contributed by atoms with E-state index < -0.39 is 0 Å². The van der Waals surface area contributed by atoms with Gasteiger partial charge in [-0.2, -0.15) is 0 Å². The Morgan fingerprint density at radius 3 is 2.35 bits per heavy atom. The van der Waals surface area contributed by atoms with E-state index in [4.69, 9.17) is 0 Å². The molecule has 0 unspecified atom stereocenters. The molecule has 0 amide bonds. The lowest BCUT2D eigenvalue weighted by Gasteiger charge is -2.06. The number of benzene rings is 1. The van der Waals surface area contributed by atoms with Gasteiger partial charge in [-0.3, -0.25) is 4.79 Å². The number of hydrogen-bond acceptors (Lipinski definition) is 1. The van der Waals surface area contributed by atoms with Crippen molar-refractivity contribution in [2.75, 3.05) is 5.33 Å². The highest BCUT2D eigenvalue weighted by Crippen LogP contribution is 2.07. The molecule has 1 heterocycles. The van der Waals surface area contributed by atoms with Crippen LogP contribution in [-0.4, -0.2) is 9.90 Å². The van der Waals surface area contributed by atoms with Crippen LogP contribution in [0.2, 0.25) is 0 Å². The highest BCUT2D eigenvalue weighted by molar-refractivity contribution is 9.09. The molecule has 0 saturated carbocycles. The summed E-state index contributed by atoms with van der Waals surface area (Å²) in [6.07, 6.45) is 2.85. The molecule has 0 atom stereocenters. The summed E-state index contributed by atoms with van der Waals surface area (Å²) in [5.74, 6) is 0. The van der Waals surface area contributed by atoms with E-state index in [0.717, 1.165) is 17.3 Å². The summed E-state index contributed by atoms with van der Waals surface area (Å²) in [5, 5.41) is 0.977. The zero-order valence-corrected chi connectivity index (χ0v) is 11.1. The van der Waals surface area contributed by atoms with E-state index in [-0.39, 0.29) is 5.56 Å². The molecule has 0 saturated heterocycles. The van der Waals surface area contributed by atoms with Gasteiger partial charge in [-0.05, 0) is 23.6 Å². The third-order valence-electron chi connectivity index (χ3n) is 2.66. The molecule has 0 aliphatic heterocycles. The summed E-state index contributed by atoms with van der Waals surface area (Å²) in [4.78, 5) is 11.5. The van der Waals surface area contributed by atoms with Crippen molar-refractivity contribution in [1.29, 1.82) is 0 Å². The molecule has 88 valence electrons. The van der Waals surface area contributed by atoms with Crippen molar-refractivity contribution < 1.29 is 0 Å². The minimum absolute atomic E-state index is 0.0389. The molecule has 3 heteroatoms. The Morgan fingerprint density at radius 1 is 1.00 bits per heavy atom. The maximum atomic E-state index is 11.5. The number of aromatic nitrogens is 1. The molecule has 2 aromatic rings. The van der Waals surface area contributed by atoms with Crippen LogP contribution in [0, 0.1) is 0 Å². The van der Waals surface area contributed by atoms with E-state index in [1.54, 1.807) is 16.7 Å². The monoisotopic (exact) mass is 291 g/mol. The smallest absolute Gasteiger partial charge is 0.250 e. The van der Waals surface area contributed by atoms with E-state index in [1.807, 2.05) is 12.3 Å². The molecule has 0 fully saturated rings. The van der Waals surface area contributed by atoms with Crippen molar-refractivity contribution in [3.05, 3.63) is 70.1 Å². The predicted molar refractivity (Wildman–Crippen MR) is 73.7 cm³/mol. The Kier molecular flexibility index (Phi) is 4.15. The second-order valence-electron chi connectivity index (χ2n) is 3.92. The molecule has 0 radical (unpaired) electrons. The van der Waals surface area contributed by atoms with Crippen LogP contribution in [0.15, 0.2) is 53.5 Å². The summed E-state index contributed by atoms with van der Waals surface area (Å²) in [6, 6.07) is 13.6. The van der Waals surface area contributed by atoms with Crippen molar-refractivity contribution >= 4 is 15.9 Å². The lowest BCUT2D eigenvalue weighted by Crippen LogP contribution is -2.18. The number of hydrogen-bond donors (Lipinski definition) is 0. The molecule has 17 heavy (non-hydrogen) atoms. The molecule has 2 nitrogen and oxygen atoms in total. The first-order chi connectivity index (χ1) is 8.29. The van der Waals surface area contributed by atoms with Gasteiger partial charge in [0.05, 0.1) is 6.54 Å². The number of nitrogens with zero attached hydrogens (tertiary/aromatic N) is 1. The molecule has 0 aliphatic rings. The third kappa shape index (κ3) is 3.30. The first-order valence-corrected chi connectivity index (χ1v) is 6.71. The van der Waals surface area contributed by atoms with Crippen molar-refractivity contribution in [1.82, 2.24) is 4.57 Å². The van der Waals surface area contributed by atoms with Crippen LogP contribution in [0.5, 0.6) is 0 Å². The summed E-state index contributed by atoms with van der Waals surface area (Å²) >= 11 is 3.42. The van der Waals surface area contributed by atoms with Crippen LogP contribution in [0.4, 0.5) is 0 Å². The minimum Gasteiger partial charge on any atom is -0.311 e. The van der Waals surface area contributed by atoms with Gasteiger partial charge in [-0.25, -0.2) is 0 Å². The van der Waals surface area contributed by atoms with Gasteiger partial charge in [0, 0.05) is 17.6 Å². The standard InChI is InChI=1S/C14H14BrNO/c15-9-8-12-4-6-13(7-5-12)11-16-10-2-1-3-14(16)17/h1-7,10H,8-9,11H2. The highest BCUT2D eigenvalue weighted by Gasteiger charge is 1.97. The molecular formula is C14H14BrNO. The summed E-state index contributed by atoms with van der Waals surface area (Å²) in [7, 11) is 0. The Morgan fingerprint density at radius 2 is 1.71 bits per heavy atom. The van der Waals surface area contributed by atoms with Gasteiger partial charge in [0.15, 0.2) is 0 Å². The largest absolute Gasteiger partial charge is 0.311 e. The van der Waals surface area contributed by atoms with Crippen LogP contribution in [0.25, 0.3) is 0 Å². The maximum Gasteiger partial charge on any atom is 0.250 e. The van der Waals surface area contributed by atoms with E-state index in [0.29, 0.717) is 6.54 Å².